The Balaban J connectivity index is 3.95. The number of amides is 9. The van der Waals surface area contributed by atoms with Crippen LogP contribution in [-0.2, 0) is 57.5 Å². The van der Waals surface area contributed by atoms with Crippen molar-refractivity contribution in [3.8, 4) is 0 Å². The standard InChI is InChI=1S/C53H93N9O16/c1-13-14-15-16-17-18-33(65)24-40(66)54-35(21-27(2)3)46(70)55-34(19-20-41(67)68)45(69)62-44-32(12)78-53(77)43(31(10)11)61-50(74)39(26-64)59-47(71)36(22-28(4)5)56-49(73)38(25-63)58-48(72)37(23-29(6)7)57-51(75)42(30(8)9)60-52(44)76/h27-39,42-44,63-65H,13-26H2,1-12H3,(H,54,66)(H,55,70)(H,56,73)(H,57,75)(H,58,72)(H,59,71)(H,60,76)(H,61,74)(H,62,69)(H,67,68)/t32-,33+,34-,35+,36+,37+,38-,39-,42-,43+,44-/m1/s1. The maximum absolute atomic E-state index is 14.6. The lowest BCUT2D eigenvalue weighted by Gasteiger charge is -2.32. The molecule has 0 aromatic rings. The monoisotopic (exact) mass is 1110 g/mol. The molecule has 0 aromatic carbocycles. The molecule has 9 amide bonds. The van der Waals surface area contributed by atoms with Crippen LogP contribution in [0, 0.1) is 29.6 Å². The molecule has 78 heavy (non-hydrogen) atoms. The zero-order valence-corrected chi connectivity index (χ0v) is 47.8. The molecule has 11 atom stereocenters. The second-order valence-corrected chi connectivity index (χ2v) is 22.3. The number of hydrogen-bond donors (Lipinski definition) is 13. The van der Waals surface area contributed by atoms with Crippen LogP contribution in [0.5, 0.6) is 0 Å². The number of carbonyl (C=O) groups excluding carboxylic acids is 10. The molecule has 446 valence electrons. The number of hydrogen-bond acceptors (Lipinski definition) is 15. The van der Waals surface area contributed by atoms with Gasteiger partial charge >= 0.3 is 11.9 Å². The van der Waals surface area contributed by atoms with Crippen molar-refractivity contribution in [1.82, 2.24) is 47.9 Å². The first-order valence-electron chi connectivity index (χ1n) is 27.5. The summed E-state index contributed by atoms with van der Waals surface area (Å²) in [5.41, 5.74) is 0. The van der Waals surface area contributed by atoms with Crippen molar-refractivity contribution in [2.24, 2.45) is 29.6 Å². The maximum atomic E-state index is 14.6. The first kappa shape index (κ1) is 70.1. The molecule has 0 aliphatic carbocycles. The third-order valence-electron chi connectivity index (χ3n) is 12.8. The minimum atomic E-state index is -1.95. The molecule has 0 unspecified atom stereocenters. The number of rotatable bonds is 26. The lowest BCUT2D eigenvalue weighted by molar-refractivity contribution is -0.157. The number of unbranched alkanes of at least 4 members (excludes halogenated alkanes) is 4. The molecule has 0 radical (unpaired) electrons. The van der Waals surface area contributed by atoms with Gasteiger partial charge in [0, 0.05) is 6.42 Å². The van der Waals surface area contributed by atoms with Crippen LogP contribution in [0.25, 0.3) is 0 Å². The zero-order chi connectivity index (χ0) is 59.6. The topological polar surface area (TPSA) is 386 Å². The van der Waals surface area contributed by atoms with Crippen LogP contribution in [-0.4, -0.2) is 165 Å². The number of esters is 1. The molecule has 1 rings (SSSR count). The molecular weight excluding hydrogens is 1020 g/mol. The maximum Gasteiger partial charge on any atom is 0.329 e. The van der Waals surface area contributed by atoms with Gasteiger partial charge in [-0.3, -0.25) is 47.9 Å². The van der Waals surface area contributed by atoms with E-state index in [4.69, 9.17) is 4.74 Å². The first-order chi connectivity index (χ1) is 36.4. The largest absolute Gasteiger partial charge is 0.481 e. The van der Waals surface area contributed by atoms with Crippen molar-refractivity contribution in [3.63, 3.8) is 0 Å². The Morgan fingerprint density at radius 1 is 0.564 bits per heavy atom. The summed E-state index contributed by atoms with van der Waals surface area (Å²) in [4.78, 5) is 151. The predicted octanol–water partition coefficient (Wildman–Crippen LogP) is -0.294. The molecule has 1 aliphatic heterocycles. The second kappa shape index (κ2) is 35.5. The van der Waals surface area contributed by atoms with Gasteiger partial charge in [-0.25, -0.2) is 4.79 Å². The molecule has 0 spiro atoms. The number of aliphatic carboxylic acids is 1. The molecule has 0 saturated carbocycles. The third-order valence-corrected chi connectivity index (χ3v) is 12.8. The number of nitrogens with one attached hydrogen (secondary N) is 9. The van der Waals surface area contributed by atoms with E-state index in [2.05, 4.69) is 54.8 Å². The quantitative estimate of drug-likeness (QED) is 0.0391. The highest BCUT2D eigenvalue weighted by molar-refractivity contribution is 5.99. The Labute approximate surface area is 459 Å². The smallest absolute Gasteiger partial charge is 0.329 e. The van der Waals surface area contributed by atoms with Crippen molar-refractivity contribution in [2.75, 3.05) is 13.2 Å². The average Bonchev–Trinajstić information content (AvgIpc) is 3.33. The van der Waals surface area contributed by atoms with Gasteiger partial charge in [0.05, 0.1) is 25.7 Å². The van der Waals surface area contributed by atoms with Crippen LogP contribution < -0.4 is 47.9 Å². The van der Waals surface area contributed by atoms with Gasteiger partial charge < -0.3 is 73.0 Å². The number of aliphatic hydroxyl groups is 3. The molecule has 1 aliphatic rings. The summed E-state index contributed by atoms with van der Waals surface area (Å²) in [7, 11) is 0. The fraction of sp³-hybridized carbons (Fsp3) is 0.792. The highest BCUT2D eigenvalue weighted by Crippen LogP contribution is 2.16. The normalized spacial score (nSPS) is 23.8. The van der Waals surface area contributed by atoms with Gasteiger partial charge in [0.1, 0.15) is 60.5 Å². The van der Waals surface area contributed by atoms with Gasteiger partial charge in [0.15, 0.2) is 0 Å². The second-order valence-electron chi connectivity index (χ2n) is 22.3. The van der Waals surface area contributed by atoms with Crippen LogP contribution in [0.1, 0.15) is 160 Å². The van der Waals surface area contributed by atoms with Gasteiger partial charge in [-0.1, -0.05) is 108 Å². The molecule has 25 nitrogen and oxygen atoms in total. The summed E-state index contributed by atoms with van der Waals surface area (Å²) in [5.74, 6) is -13.5. The van der Waals surface area contributed by atoms with Crippen LogP contribution in [0.2, 0.25) is 0 Å². The van der Waals surface area contributed by atoms with Crippen LogP contribution in [0.15, 0.2) is 0 Å². The van der Waals surface area contributed by atoms with E-state index in [-0.39, 0.29) is 43.4 Å². The minimum Gasteiger partial charge on any atom is -0.481 e. The number of ether oxygens (including phenoxy) is 1. The van der Waals surface area contributed by atoms with Crippen molar-refractivity contribution in [3.05, 3.63) is 0 Å². The van der Waals surface area contributed by atoms with Crippen LogP contribution >= 0.6 is 0 Å². The molecular formula is C53H93N9O16. The summed E-state index contributed by atoms with van der Waals surface area (Å²) < 4.78 is 5.76. The van der Waals surface area contributed by atoms with Crippen molar-refractivity contribution >= 4 is 65.1 Å². The highest BCUT2D eigenvalue weighted by Gasteiger charge is 2.40. The molecule has 25 heteroatoms. The van der Waals surface area contributed by atoms with E-state index in [0.29, 0.717) is 12.8 Å². The van der Waals surface area contributed by atoms with E-state index in [1.165, 1.54) is 20.8 Å². The molecule has 1 saturated heterocycles. The van der Waals surface area contributed by atoms with Gasteiger partial charge in [-0.2, -0.15) is 0 Å². The van der Waals surface area contributed by atoms with Crippen LogP contribution in [0.4, 0.5) is 0 Å². The van der Waals surface area contributed by atoms with Gasteiger partial charge in [0.2, 0.25) is 53.2 Å². The molecule has 1 heterocycles. The fourth-order valence-corrected chi connectivity index (χ4v) is 8.44. The number of aliphatic hydroxyl groups excluding tert-OH is 3. The molecule has 0 aromatic heterocycles. The molecule has 1 fully saturated rings. The number of cyclic esters (lactones) is 1. The minimum absolute atomic E-state index is 0.0109. The number of carboxylic acids is 1. The van der Waals surface area contributed by atoms with Crippen LogP contribution in [0.3, 0.4) is 0 Å². The summed E-state index contributed by atoms with van der Waals surface area (Å²) in [5, 5.41) is 63.3. The Hall–Kier alpha value is -5.95. The molecule has 13 N–H and O–H groups in total. The Morgan fingerprint density at radius 2 is 1.04 bits per heavy atom. The Morgan fingerprint density at radius 3 is 1.51 bits per heavy atom. The van der Waals surface area contributed by atoms with E-state index >= 15 is 0 Å². The summed E-state index contributed by atoms with van der Waals surface area (Å²) in [6.45, 7) is 18.0. The average molecular weight is 1110 g/mol. The zero-order valence-electron chi connectivity index (χ0n) is 47.8. The lowest BCUT2D eigenvalue weighted by atomic mass is 9.98. The molecule has 0 bridgehead atoms. The van der Waals surface area contributed by atoms with E-state index < -0.39 is 170 Å². The third kappa shape index (κ3) is 25.7. The fourth-order valence-electron chi connectivity index (χ4n) is 8.44. The predicted molar refractivity (Wildman–Crippen MR) is 286 cm³/mol. The van der Waals surface area contributed by atoms with Crippen molar-refractivity contribution in [2.45, 2.75) is 227 Å². The first-order valence-corrected chi connectivity index (χ1v) is 27.5. The van der Waals surface area contributed by atoms with Gasteiger partial charge in [0.25, 0.3) is 0 Å². The van der Waals surface area contributed by atoms with Crippen molar-refractivity contribution in [1.29, 1.82) is 0 Å². The van der Waals surface area contributed by atoms with E-state index in [0.717, 1.165) is 25.7 Å². The highest BCUT2D eigenvalue weighted by atomic mass is 16.5. The van der Waals surface area contributed by atoms with Gasteiger partial charge in [-0.15, -0.1) is 0 Å². The Kier molecular flexibility index (Phi) is 31.9. The van der Waals surface area contributed by atoms with Crippen molar-refractivity contribution < 1.29 is 77.9 Å². The lowest BCUT2D eigenvalue weighted by Crippen LogP contribution is -2.63. The van der Waals surface area contributed by atoms with E-state index in [9.17, 15) is 73.2 Å². The Bertz CT molecular complexity index is 2000. The number of carboxylic acid groups (broad SMARTS) is 1. The SMILES string of the molecule is CCCCCCC[C@H](O)CC(=O)N[C@@H](CC(C)C)C(=O)N[C@H](CCC(=O)O)C(=O)N[C@H]1C(=O)N[C@H](C(C)C)C(=O)N[C@@H](CC(C)C)C(=O)N[C@H](CO)C(=O)N[C@@H](CC(C)C)C(=O)N[C@H](CO)C(=O)N[C@@H](C(C)C)C(=O)O[C@@H]1C. The van der Waals surface area contributed by atoms with E-state index in [1.54, 1.807) is 55.4 Å². The van der Waals surface area contributed by atoms with Gasteiger partial charge in [-0.05, 0) is 68.6 Å². The summed E-state index contributed by atoms with van der Waals surface area (Å²) in [6.07, 6.45) is 0.809. The summed E-state index contributed by atoms with van der Waals surface area (Å²) >= 11 is 0. The summed E-state index contributed by atoms with van der Waals surface area (Å²) in [6, 6.07) is -14.1. The number of carbonyl (C=O) groups is 11. The van der Waals surface area contributed by atoms with E-state index in [1.807, 2.05) is 0 Å².